The highest BCUT2D eigenvalue weighted by Gasteiger charge is 2.64. The first-order valence-electron chi connectivity index (χ1n) is 9.87. The zero-order valence-electron chi connectivity index (χ0n) is 17.9. The SMILES string of the molecule is CC(C)(C)OC(=O)Nc1ncnn2c(C3O[C@](C#N)(CO)C4OC(C)(C)OC34)ccc12. The molecule has 2 fully saturated rings. The third-order valence-corrected chi connectivity index (χ3v) is 5.04. The predicted octanol–water partition coefficient (Wildman–Crippen LogP) is 1.92. The number of aromatic nitrogens is 3. The van der Waals surface area contributed by atoms with E-state index < -0.39 is 48.0 Å². The number of rotatable bonds is 3. The third-order valence-electron chi connectivity index (χ3n) is 5.04. The summed E-state index contributed by atoms with van der Waals surface area (Å²) in [6, 6.07) is 5.50. The van der Waals surface area contributed by atoms with Crippen LogP contribution in [0.3, 0.4) is 0 Å². The van der Waals surface area contributed by atoms with E-state index in [1.807, 2.05) is 6.07 Å². The summed E-state index contributed by atoms with van der Waals surface area (Å²) in [4.78, 5) is 16.3. The molecule has 2 saturated heterocycles. The van der Waals surface area contributed by atoms with Crippen LogP contribution in [-0.2, 0) is 18.9 Å². The van der Waals surface area contributed by atoms with Crippen molar-refractivity contribution in [2.75, 3.05) is 11.9 Å². The van der Waals surface area contributed by atoms with E-state index in [0.29, 0.717) is 11.2 Å². The second kappa shape index (κ2) is 7.13. The van der Waals surface area contributed by atoms with Gasteiger partial charge in [0.2, 0.25) is 5.60 Å². The molecule has 0 radical (unpaired) electrons. The van der Waals surface area contributed by atoms with Gasteiger partial charge in [-0.1, -0.05) is 0 Å². The highest BCUT2D eigenvalue weighted by atomic mass is 16.8. The summed E-state index contributed by atoms with van der Waals surface area (Å²) in [5, 5.41) is 26.5. The first-order chi connectivity index (χ1) is 14.5. The summed E-state index contributed by atoms with van der Waals surface area (Å²) < 4.78 is 24.7. The summed E-state index contributed by atoms with van der Waals surface area (Å²) in [5.74, 6) is -0.692. The largest absolute Gasteiger partial charge is 0.444 e. The Morgan fingerprint density at radius 2 is 2.10 bits per heavy atom. The number of amides is 1. The first-order valence-corrected chi connectivity index (χ1v) is 9.87. The third kappa shape index (κ3) is 3.72. The molecule has 4 atom stereocenters. The average molecular weight is 431 g/mol. The minimum absolute atomic E-state index is 0.252. The van der Waals surface area contributed by atoms with Gasteiger partial charge in [0.15, 0.2) is 11.6 Å². The minimum atomic E-state index is -1.57. The number of carbonyl (C=O) groups is 1. The van der Waals surface area contributed by atoms with Gasteiger partial charge in [0.05, 0.1) is 12.3 Å². The molecule has 11 nitrogen and oxygen atoms in total. The van der Waals surface area contributed by atoms with Gasteiger partial charge < -0.3 is 24.1 Å². The van der Waals surface area contributed by atoms with E-state index in [-0.39, 0.29) is 5.82 Å². The number of aliphatic hydroxyl groups excluding tert-OH is 1. The molecule has 1 amide bonds. The van der Waals surface area contributed by atoms with Crippen LogP contribution in [0.25, 0.3) is 5.52 Å². The zero-order valence-corrected chi connectivity index (χ0v) is 17.9. The van der Waals surface area contributed by atoms with Crippen molar-refractivity contribution in [1.29, 1.82) is 5.26 Å². The number of anilines is 1. The Labute approximate surface area is 178 Å². The molecule has 0 bridgehead atoms. The number of carbonyl (C=O) groups excluding carboxylic acids is 1. The van der Waals surface area contributed by atoms with Crippen molar-refractivity contribution in [3.63, 3.8) is 0 Å². The van der Waals surface area contributed by atoms with E-state index in [4.69, 9.17) is 18.9 Å². The Morgan fingerprint density at radius 1 is 1.35 bits per heavy atom. The quantitative estimate of drug-likeness (QED) is 0.745. The topological polar surface area (TPSA) is 140 Å². The van der Waals surface area contributed by atoms with Crippen LogP contribution in [0, 0.1) is 11.3 Å². The normalized spacial score (nSPS) is 29.5. The Morgan fingerprint density at radius 3 is 2.74 bits per heavy atom. The lowest BCUT2D eigenvalue weighted by Crippen LogP contribution is -2.45. The second-order valence-electron chi connectivity index (χ2n) is 9.01. The Hall–Kier alpha value is -2.78. The van der Waals surface area contributed by atoms with E-state index in [0.717, 1.165) is 0 Å². The molecular formula is C20H25N5O6. The van der Waals surface area contributed by atoms with E-state index >= 15 is 0 Å². The molecule has 2 aliphatic rings. The van der Waals surface area contributed by atoms with Crippen LogP contribution >= 0.6 is 0 Å². The van der Waals surface area contributed by atoms with Crippen LogP contribution < -0.4 is 5.32 Å². The predicted molar refractivity (Wildman–Crippen MR) is 106 cm³/mol. The van der Waals surface area contributed by atoms with E-state index in [1.165, 1.54) is 6.33 Å². The maximum atomic E-state index is 12.2. The van der Waals surface area contributed by atoms with E-state index in [9.17, 15) is 15.2 Å². The summed E-state index contributed by atoms with van der Waals surface area (Å²) in [5.41, 5.74) is -1.17. The van der Waals surface area contributed by atoms with Crippen LogP contribution in [0.5, 0.6) is 0 Å². The van der Waals surface area contributed by atoms with Gasteiger partial charge in [-0.3, -0.25) is 5.32 Å². The lowest BCUT2D eigenvalue weighted by atomic mass is 9.96. The fourth-order valence-electron chi connectivity index (χ4n) is 3.88. The van der Waals surface area contributed by atoms with Crippen LogP contribution in [0.4, 0.5) is 10.6 Å². The van der Waals surface area contributed by atoms with Gasteiger partial charge in [0.25, 0.3) is 0 Å². The molecule has 31 heavy (non-hydrogen) atoms. The van der Waals surface area contributed by atoms with Gasteiger partial charge in [0, 0.05) is 0 Å². The molecule has 2 N–H and O–H groups in total. The van der Waals surface area contributed by atoms with Crippen molar-refractivity contribution in [2.45, 2.75) is 69.9 Å². The molecule has 166 valence electrons. The molecule has 11 heteroatoms. The van der Waals surface area contributed by atoms with Gasteiger partial charge >= 0.3 is 6.09 Å². The fourth-order valence-corrected chi connectivity index (χ4v) is 3.88. The molecule has 4 rings (SSSR count). The minimum Gasteiger partial charge on any atom is -0.444 e. The first kappa shape index (κ1) is 21.5. The van der Waals surface area contributed by atoms with Crippen LogP contribution in [0.2, 0.25) is 0 Å². The number of aliphatic hydroxyl groups is 1. The van der Waals surface area contributed by atoms with Gasteiger partial charge in [-0.05, 0) is 46.8 Å². The number of nitrogens with one attached hydrogen (secondary N) is 1. The maximum absolute atomic E-state index is 12.2. The molecule has 2 aliphatic heterocycles. The number of fused-ring (bicyclic) bond motifs is 2. The summed E-state index contributed by atoms with van der Waals surface area (Å²) >= 11 is 0. The van der Waals surface area contributed by atoms with Crippen molar-refractivity contribution in [3.05, 3.63) is 24.2 Å². The Balaban J connectivity index is 1.69. The fraction of sp³-hybridized carbons (Fsp3) is 0.600. The van der Waals surface area contributed by atoms with Crippen LogP contribution in [-0.4, -0.2) is 61.6 Å². The van der Waals surface area contributed by atoms with Crippen LogP contribution in [0.1, 0.15) is 46.4 Å². The smallest absolute Gasteiger partial charge is 0.413 e. The van der Waals surface area contributed by atoms with Gasteiger partial charge in [-0.25, -0.2) is 14.3 Å². The summed E-state index contributed by atoms with van der Waals surface area (Å²) in [7, 11) is 0. The molecule has 4 heterocycles. The molecule has 0 aliphatic carbocycles. The summed E-state index contributed by atoms with van der Waals surface area (Å²) in [6.07, 6.45) is -1.53. The molecule has 0 saturated carbocycles. The monoisotopic (exact) mass is 431 g/mol. The van der Waals surface area contributed by atoms with E-state index in [2.05, 4.69) is 15.4 Å². The number of nitriles is 1. The van der Waals surface area contributed by atoms with Crippen LogP contribution in [0.15, 0.2) is 18.5 Å². The lowest BCUT2D eigenvalue weighted by molar-refractivity contribution is -0.205. The number of hydrogen-bond acceptors (Lipinski definition) is 9. The molecule has 2 aromatic rings. The molecule has 0 spiro atoms. The Bertz CT molecular complexity index is 1050. The summed E-state index contributed by atoms with van der Waals surface area (Å²) in [6.45, 7) is 8.22. The zero-order chi connectivity index (χ0) is 22.6. The lowest BCUT2D eigenvalue weighted by Gasteiger charge is -2.27. The average Bonchev–Trinajstić information content (AvgIpc) is 3.30. The molecular weight excluding hydrogens is 406 g/mol. The van der Waals surface area contributed by atoms with Crippen molar-refractivity contribution >= 4 is 17.4 Å². The van der Waals surface area contributed by atoms with Gasteiger partial charge in [-0.2, -0.15) is 10.4 Å². The number of hydrogen-bond donors (Lipinski definition) is 2. The van der Waals surface area contributed by atoms with Crippen molar-refractivity contribution in [2.24, 2.45) is 0 Å². The maximum Gasteiger partial charge on any atom is 0.413 e. The standard InChI is InChI=1S/C20H25N5O6/c1-18(2,3)31-17(27)24-16-12-7-6-11(25(12)23-10-22-16)13-14-15(30-19(4,5)28-14)20(8-21,9-26)29-13/h6-7,10,13-15,26H,9H2,1-5H3,(H,22,23,24,27)/t13?,14?,15?,20-/m1/s1. The van der Waals surface area contributed by atoms with Gasteiger partial charge in [-0.15, -0.1) is 0 Å². The number of ether oxygens (including phenoxy) is 4. The highest BCUT2D eigenvalue weighted by Crippen LogP contribution is 2.49. The molecule has 2 aromatic heterocycles. The number of nitrogens with zero attached hydrogens (tertiary/aromatic N) is 4. The van der Waals surface area contributed by atoms with Crippen molar-refractivity contribution in [3.8, 4) is 6.07 Å². The van der Waals surface area contributed by atoms with Crippen molar-refractivity contribution in [1.82, 2.24) is 14.6 Å². The molecule has 0 aromatic carbocycles. The second-order valence-corrected chi connectivity index (χ2v) is 9.01. The van der Waals surface area contributed by atoms with Gasteiger partial charge in [0.1, 0.15) is 41.8 Å². The highest BCUT2D eigenvalue weighted by molar-refractivity contribution is 5.88. The van der Waals surface area contributed by atoms with Crippen molar-refractivity contribution < 1.29 is 28.8 Å². The Kier molecular flexibility index (Phi) is 4.94. The molecule has 3 unspecified atom stereocenters. The van der Waals surface area contributed by atoms with E-state index in [1.54, 1.807) is 51.3 Å².